The zero-order valence-electron chi connectivity index (χ0n) is 21.9. The Morgan fingerprint density at radius 1 is 0.923 bits per heavy atom. The number of nitrogens with one attached hydrogen (secondary N) is 3. The van der Waals surface area contributed by atoms with Gasteiger partial charge < -0.3 is 15.5 Å². The summed E-state index contributed by atoms with van der Waals surface area (Å²) in [5.74, 6) is 0. The number of anilines is 1. The number of nitrogens with zero attached hydrogens (tertiary/aromatic N) is 2. The molecule has 1 saturated heterocycles. The Morgan fingerprint density at radius 3 is 2.33 bits per heavy atom. The number of aryl methyl sites for hydroxylation is 1. The zero-order chi connectivity index (χ0) is 27.2. The Labute approximate surface area is 229 Å². The molecule has 2 heterocycles. The van der Waals surface area contributed by atoms with Crippen molar-refractivity contribution < 1.29 is 13.2 Å². The van der Waals surface area contributed by atoms with Gasteiger partial charge in [-0.25, -0.2) is 17.9 Å². The van der Waals surface area contributed by atoms with Crippen LogP contribution in [0.15, 0.2) is 89.8 Å². The van der Waals surface area contributed by atoms with Gasteiger partial charge in [-0.2, -0.15) is 0 Å². The van der Waals surface area contributed by atoms with E-state index < -0.39 is 10.0 Å². The number of carbonyl (C=O) groups is 1. The molecule has 0 unspecified atom stereocenters. The first-order valence-corrected chi connectivity index (χ1v) is 14.7. The van der Waals surface area contributed by atoms with Crippen LogP contribution in [0, 0.1) is 6.92 Å². The zero-order valence-corrected chi connectivity index (χ0v) is 22.7. The maximum Gasteiger partial charge on any atom is 0.319 e. The van der Waals surface area contributed by atoms with Gasteiger partial charge in [0.1, 0.15) is 0 Å². The standard InChI is InChI=1S/C30H33N5O3S/c1-22-21-29(27-9-5-6-10-28(27)32-22)33-30(36)31-17-20-35-18-15-25(16-19-35)34-39(37,38)26-13-11-24(12-14-26)23-7-3-2-4-8-23/h2-14,21,25,34H,15-20H2,1H3,(H2,31,32,33,36). The number of aromatic nitrogens is 1. The number of hydrogen-bond acceptors (Lipinski definition) is 5. The number of piperidine rings is 1. The SMILES string of the molecule is Cc1cc(NC(=O)NCCN2CCC(NS(=O)(=O)c3ccc(-c4ccccc4)cc3)CC2)c2ccccc2n1. The lowest BCUT2D eigenvalue weighted by atomic mass is 10.1. The van der Waals surface area contributed by atoms with Crippen LogP contribution in [-0.4, -0.2) is 56.6 Å². The summed E-state index contributed by atoms with van der Waals surface area (Å²) in [5.41, 5.74) is 4.45. The summed E-state index contributed by atoms with van der Waals surface area (Å²) < 4.78 is 28.8. The summed E-state index contributed by atoms with van der Waals surface area (Å²) in [6, 6.07) is 26.1. The van der Waals surface area contributed by atoms with Gasteiger partial charge in [-0.1, -0.05) is 60.7 Å². The molecule has 9 heteroatoms. The molecule has 3 N–H and O–H groups in total. The minimum atomic E-state index is -3.59. The molecule has 5 rings (SSSR count). The van der Waals surface area contributed by atoms with Crippen molar-refractivity contribution >= 4 is 32.6 Å². The first-order valence-electron chi connectivity index (χ1n) is 13.2. The highest BCUT2D eigenvalue weighted by molar-refractivity contribution is 7.89. The summed E-state index contributed by atoms with van der Waals surface area (Å²) >= 11 is 0. The van der Waals surface area contributed by atoms with Crippen molar-refractivity contribution in [2.24, 2.45) is 0 Å². The maximum atomic E-state index is 12.9. The molecule has 39 heavy (non-hydrogen) atoms. The van der Waals surface area contributed by atoms with E-state index in [1.54, 1.807) is 12.1 Å². The van der Waals surface area contributed by atoms with E-state index in [1.807, 2.05) is 79.7 Å². The quantitative estimate of drug-likeness (QED) is 0.297. The second kappa shape index (κ2) is 11.9. The van der Waals surface area contributed by atoms with Crippen LogP contribution in [0.3, 0.4) is 0 Å². The average molecular weight is 544 g/mol. The molecule has 2 amide bonds. The highest BCUT2D eigenvalue weighted by atomic mass is 32.2. The molecule has 8 nitrogen and oxygen atoms in total. The van der Waals surface area contributed by atoms with Crippen LogP contribution in [0.4, 0.5) is 10.5 Å². The first-order chi connectivity index (χ1) is 18.9. The van der Waals surface area contributed by atoms with Crippen LogP contribution in [0.1, 0.15) is 18.5 Å². The van der Waals surface area contributed by atoms with Crippen LogP contribution in [0.5, 0.6) is 0 Å². The molecule has 0 atom stereocenters. The molecule has 0 saturated carbocycles. The minimum Gasteiger partial charge on any atom is -0.337 e. The topological polar surface area (TPSA) is 103 Å². The van der Waals surface area contributed by atoms with E-state index in [4.69, 9.17) is 0 Å². The highest BCUT2D eigenvalue weighted by Crippen LogP contribution is 2.23. The molecular weight excluding hydrogens is 510 g/mol. The van der Waals surface area contributed by atoms with E-state index in [0.717, 1.165) is 59.3 Å². The van der Waals surface area contributed by atoms with E-state index >= 15 is 0 Å². The Balaban J connectivity index is 1.06. The predicted octanol–water partition coefficient (Wildman–Crippen LogP) is 4.77. The van der Waals surface area contributed by atoms with E-state index in [9.17, 15) is 13.2 Å². The number of urea groups is 1. The Kier molecular flexibility index (Phi) is 8.21. The monoisotopic (exact) mass is 543 g/mol. The fourth-order valence-corrected chi connectivity index (χ4v) is 6.23. The van der Waals surface area contributed by atoms with Gasteiger partial charge in [0.25, 0.3) is 0 Å². The summed E-state index contributed by atoms with van der Waals surface area (Å²) in [6.07, 6.45) is 1.44. The molecule has 1 aliphatic heterocycles. The second-order valence-corrected chi connectivity index (χ2v) is 11.6. The predicted molar refractivity (Wildman–Crippen MR) is 155 cm³/mol. The van der Waals surface area contributed by atoms with Gasteiger partial charge in [-0.05, 0) is 68.2 Å². The minimum absolute atomic E-state index is 0.112. The third kappa shape index (κ3) is 6.81. The lowest BCUT2D eigenvalue weighted by Gasteiger charge is -2.32. The van der Waals surface area contributed by atoms with Gasteiger partial charge in [0.15, 0.2) is 0 Å². The maximum absolute atomic E-state index is 12.9. The molecule has 4 aromatic rings. The van der Waals surface area contributed by atoms with Crippen molar-refractivity contribution in [2.75, 3.05) is 31.5 Å². The van der Waals surface area contributed by atoms with Gasteiger partial charge in [0.2, 0.25) is 10.0 Å². The van der Waals surface area contributed by atoms with Crippen molar-refractivity contribution in [3.8, 4) is 11.1 Å². The number of likely N-dealkylation sites (tertiary alicyclic amines) is 1. The van der Waals surface area contributed by atoms with Gasteiger partial charge in [0.05, 0.1) is 16.1 Å². The third-order valence-corrected chi connectivity index (χ3v) is 8.52. The molecule has 202 valence electrons. The van der Waals surface area contributed by atoms with Crippen molar-refractivity contribution in [3.05, 3.63) is 90.6 Å². The van der Waals surface area contributed by atoms with Crippen molar-refractivity contribution in [2.45, 2.75) is 30.7 Å². The number of sulfonamides is 1. The second-order valence-electron chi connectivity index (χ2n) is 9.84. The largest absolute Gasteiger partial charge is 0.337 e. The number of benzene rings is 3. The first kappa shape index (κ1) is 26.8. The molecule has 1 aliphatic rings. The van der Waals surface area contributed by atoms with E-state index in [1.165, 1.54) is 0 Å². The number of rotatable bonds is 8. The number of amides is 2. The summed E-state index contributed by atoms with van der Waals surface area (Å²) in [4.78, 5) is 19.5. The van der Waals surface area contributed by atoms with Crippen molar-refractivity contribution in [1.29, 1.82) is 0 Å². The number of pyridine rings is 1. The van der Waals surface area contributed by atoms with Gasteiger partial charge in [-0.15, -0.1) is 0 Å². The number of hydrogen-bond donors (Lipinski definition) is 3. The molecule has 0 bridgehead atoms. The Morgan fingerprint density at radius 2 is 1.59 bits per heavy atom. The number of fused-ring (bicyclic) bond motifs is 1. The van der Waals surface area contributed by atoms with Crippen molar-refractivity contribution in [3.63, 3.8) is 0 Å². The van der Waals surface area contributed by atoms with Crippen molar-refractivity contribution in [1.82, 2.24) is 19.9 Å². The lowest BCUT2D eigenvalue weighted by molar-refractivity contribution is 0.206. The lowest BCUT2D eigenvalue weighted by Crippen LogP contribution is -2.46. The third-order valence-electron chi connectivity index (χ3n) is 6.99. The van der Waals surface area contributed by atoms with Crippen LogP contribution in [-0.2, 0) is 10.0 Å². The molecular formula is C30H33N5O3S. The molecule has 0 aliphatic carbocycles. The van der Waals surface area contributed by atoms with E-state index in [0.29, 0.717) is 13.1 Å². The van der Waals surface area contributed by atoms with Crippen LogP contribution in [0.25, 0.3) is 22.0 Å². The average Bonchev–Trinajstić information content (AvgIpc) is 2.94. The normalized spacial score (nSPS) is 14.8. The van der Waals surface area contributed by atoms with Gasteiger partial charge >= 0.3 is 6.03 Å². The fourth-order valence-electron chi connectivity index (χ4n) is 4.92. The smallest absolute Gasteiger partial charge is 0.319 e. The summed E-state index contributed by atoms with van der Waals surface area (Å²) in [6.45, 7) is 4.62. The molecule has 0 radical (unpaired) electrons. The van der Waals surface area contributed by atoms with Crippen LogP contribution >= 0.6 is 0 Å². The van der Waals surface area contributed by atoms with Gasteiger partial charge in [-0.3, -0.25) is 4.98 Å². The summed E-state index contributed by atoms with van der Waals surface area (Å²) in [5, 5.41) is 6.76. The summed E-state index contributed by atoms with van der Waals surface area (Å²) in [7, 11) is -3.59. The molecule has 1 aromatic heterocycles. The van der Waals surface area contributed by atoms with Crippen LogP contribution in [0.2, 0.25) is 0 Å². The van der Waals surface area contributed by atoms with Crippen LogP contribution < -0.4 is 15.4 Å². The molecule has 3 aromatic carbocycles. The Bertz CT molecular complexity index is 1530. The fraction of sp³-hybridized carbons (Fsp3) is 0.267. The molecule has 0 spiro atoms. The van der Waals surface area contributed by atoms with Gasteiger partial charge in [0, 0.05) is 30.2 Å². The Hall–Kier alpha value is -3.79. The number of carbonyl (C=O) groups excluding carboxylic acids is 1. The van der Waals surface area contributed by atoms with E-state index in [-0.39, 0.29) is 17.0 Å². The number of para-hydroxylation sites is 1. The highest BCUT2D eigenvalue weighted by Gasteiger charge is 2.24. The molecule has 1 fully saturated rings. The van der Waals surface area contributed by atoms with E-state index in [2.05, 4.69) is 25.2 Å².